The Kier molecular flexibility index (Phi) is 5.39. The molecule has 1 amide bonds. The zero-order valence-corrected chi connectivity index (χ0v) is 13.6. The summed E-state index contributed by atoms with van der Waals surface area (Å²) in [6, 6.07) is 5.36. The largest absolute Gasteiger partial charge is 0.481 e. The maximum Gasteiger partial charge on any atom is 0.312 e. The lowest BCUT2D eigenvalue weighted by molar-refractivity contribution is -0.138. The predicted octanol–water partition coefficient (Wildman–Crippen LogP) is 3.33. The summed E-state index contributed by atoms with van der Waals surface area (Å²) < 4.78 is 13.0. The molecule has 1 aromatic rings. The molecule has 2 unspecified atom stereocenters. The highest BCUT2D eigenvalue weighted by Crippen LogP contribution is 2.38. The number of carbonyl (C=O) groups excluding carboxylic acids is 1. The molecule has 0 saturated heterocycles. The number of nitrogens with one attached hydrogen (secondary N) is 1. The van der Waals surface area contributed by atoms with Crippen molar-refractivity contribution in [3.63, 3.8) is 0 Å². The zero-order valence-electron chi connectivity index (χ0n) is 13.6. The number of amides is 1. The molecular formula is C18H24FNO3. The molecule has 126 valence electrons. The highest BCUT2D eigenvalue weighted by molar-refractivity contribution is 5.81. The van der Waals surface area contributed by atoms with Crippen LogP contribution in [0.3, 0.4) is 0 Å². The molecule has 1 aliphatic carbocycles. The van der Waals surface area contributed by atoms with E-state index in [1.54, 1.807) is 0 Å². The highest BCUT2D eigenvalue weighted by Gasteiger charge is 2.32. The molecule has 0 heterocycles. The summed E-state index contributed by atoms with van der Waals surface area (Å²) >= 11 is 0. The Bertz CT molecular complexity index is 568. The van der Waals surface area contributed by atoms with E-state index in [4.69, 9.17) is 0 Å². The van der Waals surface area contributed by atoms with Gasteiger partial charge in [0.1, 0.15) is 5.82 Å². The van der Waals surface area contributed by atoms with Crippen molar-refractivity contribution in [2.45, 2.75) is 45.4 Å². The van der Waals surface area contributed by atoms with E-state index in [1.807, 2.05) is 0 Å². The first-order valence-electron chi connectivity index (χ1n) is 8.04. The van der Waals surface area contributed by atoms with E-state index < -0.39 is 17.7 Å². The van der Waals surface area contributed by atoms with Crippen molar-refractivity contribution in [3.8, 4) is 0 Å². The fraction of sp³-hybridized carbons (Fsp3) is 0.556. The van der Waals surface area contributed by atoms with Crippen molar-refractivity contribution < 1.29 is 19.1 Å². The predicted molar refractivity (Wildman–Crippen MR) is 85.5 cm³/mol. The van der Waals surface area contributed by atoms with Crippen molar-refractivity contribution in [2.24, 2.45) is 11.3 Å². The van der Waals surface area contributed by atoms with Crippen LogP contribution in [0.15, 0.2) is 24.3 Å². The second kappa shape index (κ2) is 7.11. The van der Waals surface area contributed by atoms with Crippen molar-refractivity contribution in [1.29, 1.82) is 0 Å². The van der Waals surface area contributed by atoms with Crippen LogP contribution in [0.2, 0.25) is 0 Å². The lowest BCUT2D eigenvalue weighted by Gasteiger charge is -2.34. The smallest absolute Gasteiger partial charge is 0.312 e. The van der Waals surface area contributed by atoms with Crippen LogP contribution in [0, 0.1) is 17.2 Å². The Labute approximate surface area is 136 Å². The number of rotatable bonds is 5. The van der Waals surface area contributed by atoms with Crippen molar-refractivity contribution in [3.05, 3.63) is 35.6 Å². The quantitative estimate of drug-likeness (QED) is 0.874. The van der Waals surface area contributed by atoms with Gasteiger partial charge in [0, 0.05) is 12.5 Å². The average molecular weight is 321 g/mol. The summed E-state index contributed by atoms with van der Waals surface area (Å²) in [6.45, 7) is 4.34. The monoisotopic (exact) mass is 321 g/mol. The highest BCUT2D eigenvalue weighted by atomic mass is 19.1. The van der Waals surface area contributed by atoms with Gasteiger partial charge < -0.3 is 10.4 Å². The van der Waals surface area contributed by atoms with Gasteiger partial charge in [-0.15, -0.1) is 0 Å². The van der Waals surface area contributed by atoms with Crippen LogP contribution < -0.4 is 5.32 Å². The normalized spacial score (nSPS) is 21.4. The number of carbonyl (C=O) groups is 2. The average Bonchev–Trinajstić information content (AvgIpc) is 2.47. The zero-order chi connectivity index (χ0) is 17.0. The number of benzene rings is 1. The lowest BCUT2D eigenvalue weighted by atomic mass is 9.72. The van der Waals surface area contributed by atoms with E-state index in [2.05, 4.69) is 19.2 Å². The van der Waals surface area contributed by atoms with Crippen molar-refractivity contribution in [2.75, 3.05) is 6.54 Å². The minimum absolute atomic E-state index is 0.0245. The summed E-state index contributed by atoms with van der Waals surface area (Å²) in [7, 11) is 0. The van der Waals surface area contributed by atoms with Crippen LogP contribution in [0.1, 0.15) is 51.0 Å². The summed E-state index contributed by atoms with van der Waals surface area (Å²) in [5.74, 6) is -2.43. The van der Waals surface area contributed by atoms with Crippen LogP contribution in [-0.2, 0) is 9.59 Å². The molecule has 1 saturated carbocycles. The molecule has 4 nitrogen and oxygen atoms in total. The summed E-state index contributed by atoms with van der Waals surface area (Å²) in [4.78, 5) is 23.8. The van der Waals surface area contributed by atoms with Crippen LogP contribution in [0.25, 0.3) is 0 Å². The second-order valence-corrected chi connectivity index (χ2v) is 7.15. The second-order valence-electron chi connectivity index (χ2n) is 7.15. The van der Waals surface area contributed by atoms with Gasteiger partial charge in [0.15, 0.2) is 0 Å². The SMILES string of the molecule is CC1(C)CCCC(C(=O)NCC(C(=O)O)c2ccc(F)cc2)C1. The van der Waals surface area contributed by atoms with Gasteiger partial charge in [-0.25, -0.2) is 4.39 Å². The summed E-state index contributed by atoms with van der Waals surface area (Å²) in [5.41, 5.74) is 0.645. The van der Waals surface area contributed by atoms with Crippen LogP contribution in [-0.4, -0.2) is 23.5 Å². The van der Waals surface area contributed by atoms with Gasteiger partial charge in [0.2, 0.25) is 5.91 Å². The molecule has 2 rings (SSSR count). The fourth-order valence-corrected chi connectivity index (χ4v) is 3.31. The minimum atomic E-state index is -1.03. The first-order valence-corrected chi connectivity index (χ1v) is 8.04. The number of carboxylic acid groups (broad SMARTS) is 1. The Hall–Kier alpha value is -1.91. The third-order valence-corrected chi connectivity index (χ3v) is 4.63. The molecule has 0 bridgehead atoms. The molecular weight excluding hydrogens is 297 g/mol. The Morgan fingerprint density at radius 1 is 1.35 bits per heavy atom. The first kappa shape index (κ1) is 17.4. The third kappa shape index (κ3) is 4.78. The van der Waals surface area contributed by atoms with Gasteiger partial charge in [0.25, 0.3) is 0 Å². The fourth-order valence-electron chi connectivity index (χ4n) is 3.31. The molecule has 23 heavy (non-hydrogen) atoms. The number of carboxylic acids is 1. The Morgan fingerprint density at radius 2 is 2.00 bits per heavy atom. The molecule has 5 heteroatoms. The number of hydrogen-bond acceptors (Lipinski definition) is 2. The van der Waals surface area contributed by atoms with E-state index >= 15 is 0 Å². The molecule has 0 aliphatic heterocycles. The van der Waals surface area contributed by atoms with Gasteiger partial charge >= 0.3 is 5.97 Å². The van der Waals surface area contributed by atoms with Gasteiger partial charge in [-0.3, -0.25) is 9.59 Å². The van der Waals surface area contributed by atoms with E-state index in [-0.39, 0.29) is 23.8 Å². The molecule has 1 aliphatic rings. The van der Waals surface area contributed by atoms with Gasteiger partial charge in [0.05, 0.1) is 5.92 Å². The Balaban J connectivity index is 1.97. The van der Waals surface area contributed by atoms with Crippen LogP contribution >= 0.6 is 0 Å². The maximum atomic E-state index is 13.0. The molecule has 0 radical (unpaired) electrons. The first-order chi connectivity index (χ1) is 10.8. The van der Waals surface area contributed by atoms with E-state index in [0.717, 1.165) is 25.7 Å². The van der Waals surface area contributed by atoms with E-state index in [1.165, 1.54) is 24.3 Å². The van der Waals surface area contributed by atoms with Crippen LogP contribution in [0.5, 0.6) is 0 Å². The number of hydrogen-bond donors (Lipinski definition) is 2. The van der Waals surface area contributed by atoms with Gasteiger partial charge in [-0.1, -0.05) is 32.4 Å². The molecule has 0 aromatic heterocycles. The summed E-state index contributed by atoms with van der Waals surface area (Å²) in [5, 5.41) is 12.1. The molecule has 2 atom stereocenters. The number of halogens is 1. The Morgan fingerprint density at radius 3 is 2.57 bits per heavy atom. The van der Waals surface area contributed by atoms with Crippen molar-refractivity contribution in [1.82, 2.24) is 5.32 Å². The standard InChI is InChI=1S/C18H24FNO3/c1-18(2)9-3-4-13(10-18)16(21)20-11-15(17(22)23)12-5-7-14(19)8-6-12/h5-8,13,15H,3-4,9-11H2,1-2H3,(H,20,21)(H,22,23). The maximum absolute atomic E-state index is 13.0. The lowest BCUT2D eigenvalue weighted by Crippen LogP contribution is -2.39. The van der Waals surface area contributed by atoms with Crippen molar-refractivity contribution >= 4 is 11.9 Å². The molecule has 2 N–H and O–H groups in total. The van der Waals surface area contributed by atoms with Crippen LogP contribution in [0.4, 0.5) is 4.39 Å². The molecule has 1 aromatic carbocycles. The topological polar surface area (TPSA) is 66.4 Å². The van der Waals surface area contributed by atoms with Gasteiger partial charge in [-0.05, 0) is 42.4 Å². The van der Waals surface area contributed by atoms with E-state index in [0.29, 0.717) is 5.56 Å². The van der Waals surface area contributed by atoms with E-state index in [9.17, 15) is 19.1 Å². The third-order valence-electron chi connectivity index (χ3n) is 4.63. The van der Waals surface area contributed by atoms with Gasteiger partial charge in [-0.2, -0.15) is 0 Å². The molecule has 1 fully saturated rings. The molecule has 0 spiro atoms. The minimum Gasteiger partial charge on any atom is -0.481 e. The number of aliphatic carboxylic acids is 1. The summed E-state index contributed by atoms with van der Waals surface area (Å²) in [6.07, 6.45) is 3.81.